The second kappa shape index (κ2) is 5.65. The number of hydrogen-bond donors (Lipinski definition) is 0. The van der Waals surface area contributed by atoms with Crippen LogP contribution in [-0.2, 0) is 0 Å². The molecule has 21 heavy (non-hydrogen) atoms. The van der Waals surface area contributed by atoms with Crippen LogP contribution >= 0.6 is 0 Å². The van der Waals surface area contributed by atoms with E-state index in [2.05, 4.69) is 26.7 Å². The summed E-state index contributed by atoms with van der Waals surface area (Å²) in [5.74, 6) is 0. The minimum Gasteiger partial charge on any atom is -0.421 e. The zero-order chi connectivity index (χ0) is 14.8. The third kappa shape index (κ3) is 2.80. The van der Waals surface area contributed by atoms with Gasteiger partial charge in [-0.25, -0.2) is 4.98 Å². The van der Waals surface area contributed by atoms with Crippen molar-refractivity contribution in [1.29, 1.82) is 0 Å². The molecule has 3 heterocycles. The second-order valence-electron chi connectivity index (χ2n) is 5.10. The van der Waals surface area contributed by atoms with Crippen LogP contribution in [0.15, 0.2) is 16.7 Å². The highest BCUT2D eigenvalue weighted by Gasteiger charge is 2.21. The molecule has 1 aliphatic heterocycles. The number of fused-ring (bicyclic) bond motifs is 1. The molecular weight excluding hydrogens is 274 g/mol. The number of nitrogens with zero attached hydrogens (tertiary/aromatic N) is 5. The highest BCUT2D eigenvalue weighted by Crippen LogP contribution is 2.24. The summed E-state index contributed by atoms with van der Waals surface area (Å²) in [5, 5.41) is 10.7. The Hall–Kier alpha value is -2.22. The van der Waals surface area contributed by atoms with Gasteiger partial charge in [-0.1, -0.05) is 6.92 Å². The van der Waals surface area contributed by atoms with Crippen molar-refractivity contribution in [3.63, 3.8) is 0 Å². The van der Waals surface area contributed by atoms with Crippen molar-refractivity contribution >= 4 is 22.9 Å². The number of hydrogen-bond acceptors (Lipinski definition) is 7. The molecule has 1 fully saturated rings. The first-order valence-corrected chi connectivity index (χ1v) is 7.05. The quantitative estimate of drug-likeness (QED) is 0.625. The van der Waals surface area contributed by atoms with Gasteiger partial charge >= 0.3 is 0 Å². The average Bonchev–Trinajstić information content (AvgIpc) is 2.91. The third-order valence-electron chi connectivity index (χ3n) is 3.61. The van der Waals surface area contributed by atoms with Crippen molar-refractivity contribution in [2.45, 2.75) is 13.3 Å². The molecule has 0 saturated carbocycles. The molecular formula is C13H17N5O3. The number of aromatic nitrogens is 2. The van der Waals surface area contributed by atoms with Crippen LogP contribution in [0.4, 0.5) is 11.7 Å². The minimum absolute atomic E-state index is 0.0852. The van der Waals surface area contributed by atoms with E-state index in [1.165, 1.54) is 12.3 Å². The molecule has 1 saturated heterocycles. The molecule has 8 nitrogen and oxygen atoms in total. The summed E-state index contributed by atoms with van der Waals surface area (Å²) in [7, 11) is 0. The van der Waals surface area contributed by atoms with Crippen LogP contribution in [0.25, 0.3) is 11.2 Å². The molecule has 0 radical (unpaired) electrons. The van der Waals surface area contributed by atoms with Crippen molar-refractivity contribution in [2.24, 2.45) is 0 Å². The van der Waals surface area contributed by atoms with E-state index >= 15 is 0 Å². The van der Waals surface area contributed by atoms with Gasteiger partial charge in [0.1, 0.15) is 6.20 Å². The van der Waals surface area contributed by atoms with Crippen LogP contribution < -0.4 is 4.90 Å². The molecule has 112 valence electrons. The van der Waals surface area contributed by atoms with Crippen molar-refractivity contribution < 1.29 is 9.34 Å². The molecule has 0 aromatic carbocycles. The van der Waals surface area contributed by atoms with Crippen molar-refractivity contribution in [3.8, 4) is 0 Å². The van der Waals surface area contributed by atoms with Crippen molar-refractivity contribution in [3.05, 3.63) is 22.4 Å². The fourth-order valence-corrected chi connectivity index (χ4v) is 2.51. The lowest BCUT2D eigenvalue weighted by atomic mass is 10.3. The Morgan fingerprint density at radius 2 is 2.14 bits per heavy atom. The highest BCUT2D eigenvalue weighted by molar-refractivity contribution is 5.72. The van der Waals surface area contributed by atoms with E-state index in [9.17, 15) is 10.1 Å². The summed E-state index contributed by atoms with van der Waals surface area (Å²) in [6.07, 6.45) is 2.35. The summed E-state index contributed by atoms with van der Waals surface area (Å²) < 4.78 is 5.62. The van der Waals surface area contributed by atoms with Gasteiger partial charge in [0.05, 0.1) is 11.0 Å². The number of nitro groups is 1. The van der Waals surface area contributed by atoms with Gasteiger partial charge in [0.2, 0.25) is 5.65 Å². The predicted molar refractivity (Wildman–Crippen MR) is 77.4 cm³/mol. The van der Waals surface area contributed by atoms with Gasteiger partial charge in [-0.05, 0) is 13.0 Å². The maximum absolute atomic E-state index is 10.7. The Bertz CT molecular complexity index is 648. The van der Waals surface area contributed by atoms with Crippen LogP contribution in [0.3, 0.4) is 0 Å². The third-order valence-corrected chi connectivity index (χ3v) is 3.61. The molecule has 0 bridgehead atoms. The smallest absolute Gasteiger partial charge is 0.300 e. The maximum atomic E-state index is 10.7. The summed E-state index contributed by atoms with van der Waals surface area (Å²) in [5.41, 5.74) is 0.680. The molecule has 0 amide bonds. The SMILES string of the molecule is CCCN1CCN(c2nc3ncc([N+](=O)[O-])cc3o2)CC1. The zero-order valence-corrected chi connectivity index (χ0v) is 11.9. The maximum Gasteiger partial charge on any atom is 0.300 e. The van der Waals surface area contributed by atoms with E-state index in [4.69, 9.17) is 4.42 Å². The fraction of sp³-hybridized carbons (Fsp3) is 0.538. The number of anilines is 1. The summed E-state index contributed by atoms with van der Waals surface area (Å²) in [6, 6.07) is 1.86. The standard InChI is InChI=1S/C13H17N5O3/c1-2-3-16-4-6-17(7-5-16)13-15-12-11(21-13)8-10(9-14-12)18(19)20/h8-9H,2-7H2,1H3. The second-order valence-corrected chi connectivity index (χ2v) is 5.10. The van der Waals surface area contributed by atoms with Gasteiger partial charge in [-0.2, -0.15) is 4.98 Å². The lowest BCUT2D eigenvalue weighted by Crippen LogP contribution is -2.46. The van der Waals surface area contributed by atoms with Crippen molar-refractivity contribution in [1.82, 2.24) is 14.9 Å². The lowest BCUT2D eigenvalue weighted by molar-refractivity contribution is -0.385. The number of rotatable bonds is 4. The molecule has 1 aliphatic rings. The molecule has 0 aliphatic carbocycles. The topological polar surface area (TPSA) is 88.5 Å². The van der Waals surface area contributed by atoms with E-state index in [1.54, 1.807) is 0 Å². The van der Waals surface area contributed by atoms with E-state index in [0.717, 1.165) is 39.1 Å². The van der Waals surface area contributed by atoms with Gasteiger partial charge in [-0.15, -0.1) is 0 Å². The van der Waals surface area contributed by atoms with E-state index < -0.39 is 4.92 Å². The molecule has 2 aromatic heterocycles. The molecule has 2 aromatic rings. The van der Waals surface area contributed by atoms with E-state index in [1.807, 2.05) is 0 Å². The Morgan fingerprint density at radius 1 is 1.38 bits per heavy atom. The van der Waals surface area contributed by atoms with E-state index in [-0.39, 0.29) is 5.69 Å². The van der Waals surface area contributed by atoms with Gasteiger partial charge < -0.3 is 9.32 Å². The predicted octanol–water partition coefficient (Wildman–Crippen LogP) is 1.66. The first-order chi connectivity index (χ1) is 10.2. The van der Waals surface area contributed by atoms with Crippen molar-refractivity contribution in [2.75, 3.05) is 37.6 Å². The Balaban J connectivity index is 1.77. The van der Waals surface area contributed by atoms with Gasteiger partial charge in [-0.3, -0.25) is 15.0 Å². The molecule has 0 atom stereocenters. The first kappa shape index (κ1) is 13.7. The van der Waals surface area contributed by atoms with Crippen LogP contribution in [0.5, 0.6) is 0 Å². The highest BCUT2D eigenvalue weighted by atomic mass is 16.6. The summed E-state index contributed by atoms with van der Waals surface area (Å²) >= 11 is 0. The summed E-state index contributed by atoms with van der Waals surface area (Å²) in [4.78, 5) is 23.0. The average molecular weight is 291 g/mol. The zero-order valence-electron chi connectivity index (χ0n) is 11.9. The largest absolute Gasteiger partial charge is 0.421 e. The molecule has 0 N–H and O–H groups in total. The molecule has 8 heteroatoms. The van der Waals surface area contributed by atoms with Gasteiger partial charge in [0.15, 0.2) is 5.58 Å². The first-order valence-electron chi connectivity index (χ1n) is 7.05. The van der Waals surface area contributed by atoms with Crippen LogP contribution in [0, 0.1) is 10.1 Å². The minimum atomic E-state index is -0.488. The van der Waals surface area contributed by atoms with Gasteiger partial charge in [0.25, 0.3) is 11.7 Å². The monoisotopic (exact) mass is 291 g/mol. The Labute approximate surface area is 121 Å². The van der Waals surface area contributed by atoms with Crippen LogP contribution in [-0.4, -0.2) is 52.5 Å². The van der Waals surface area contributed by atoms with Crippen LogP contribution in [0.2, 0.25) is 0 Å². The Morgan fingerprint density at radius 3 is 2.81 bits per heavy atom. The fourth-order valence-electron chi connectivity index (χ4n) is 2.51. The normalized spacial score (nSPS) is 16.5. The molecule has 0 spiro atoms. The number of pyridine rings is 1. The Kier molecular flexibility index (Phi) is 3.70. The molecule has 3 rings (SSSR count). The van der Waals surface area contributed by atoms with E-state index in [0.29, 0.717) is 17.2 Å². The van der Waals surface area contributed by atoms with Gasteiger partial charge in [0, 0.05) is 26.2 Å². The van der Waals surface area contributed by atoms with Crippen LogP contribution in [0.1, 0.15) is 13.3 Å². The lowest BCUT2D eigenvalue weighted by Gasteiger charge is -2.33. The number of oxazole rings is 1. The molecule has 0 unspecified atom stereocenters. The summed E-state index contributed by atoms with van der Waals surface area (Å²) in [6.45, 7) is 6.91. The number of piperazine rings is 1.